The van der Waals surface area contributed by atoms with Crippen molar-refractivity contribution in [1.82, 2.24) is 0 Å². The molecule has 0 aromatic rings. The van der Waals surface area contributed by atoms with Crippen molar-refractivity contribution in [2.24, 2.45) is 0 Å². The molecule has 1 rings (SSSR count). The summed E-state index contributed by atoms with van der Waals surface area (Å²) >= 11 is 0. The van der Waals surface area contributed by atoms with Crippen molar-refractivity contribution in [3.05, 3.63) is 0 Å². The maximum atomic E-state index is 12.4. The fraction of sp³-hybridized carbons (Fsp3) is 1.00. The number of alkyl halides is 2. The van der Waals surface area contributed by atoms with Crippen LogP contribution in [0.15, 0.2) is 0 Å². The smallest absolute Gasteiger partial charge is 0.384 e. The lowest BCUT2D eigenvalue weighted by Crippen LogP contribution is -2.36. The minimum absolute atomic E-state index is 0.370. The van der Waals surface area contributed by atoms with Gasteiger partial charge in [0.2, 0.25) is 0 Å². The molecule has 1 heterocycles. The predicted molar refractivity (Wildman–Crippen MR) is 27.7 cm³/mol. The van der Waals surface area contributed by atoms with E-state index in [1.54, 1.807) is 0 Å². The van der Waals surface area contributed by atoms with Crippen molar-refractivity contribution >= 4 is 0 Å². The Bertz CT molecular complexity index is 128. The molecule has 0 aromatic carbocycles. The molecule has 2 atom stereocenters. The van der Waals surface area contributed by atoms with Crippen molar-refractivity contribution in [2.45, 2.75) is 18.3 Å². The number of hydrogen-bond donors (Lipinski definition) is 1. The van der Waals surface area contributed by atoms with E-state index < -0.39 is 18.3 Å². The first kappa shape index (κ1) is 7.84. The number of ether oxygens (including phenoxy) is 2. The van der Waals surface area contributed by atoms with Crippen molar-refractivity contribution in [2.75, 3.05) is 13.7 Å². The van der Waals surface area contributed by atoms with E-state index in [1.807, 2.05) is 0 Å². The van der Waals surface area contributed by atoms with E-state index in [-0.39, 0.29) is 6.61 Å². The Morgan fingerprint density at radius 3 is 2.50 bits per heavy atom. The molecule has 1 N–H and O–H groups in total. The fourth-order valence-electron chi connectivity index (χ4n) is 0.884. The van der Waals surface area contributed by atoms with Crippen LogP contribution < -0.4 is 0 Å². The van der Waals surface area contributed by atoms with Crippen LogP contribution in [0.1, 0.15) is 0 Å². The van der Waals surface area contributed by atoms with E-state index in [9.17, 15) is 8.78 Å². The Hall–Kier alpha value is -0.260. The summed E-state index contributed by atoms with van der Waals surface area (Å²) in [6, 6.07) is 0. The van der Waals surface area contributed by atoms with Gasteiger partial charge in [-0.05, 0) is 0 Å². The maximum Gasteiger partial charge on any atom is 0.384 e. The average molecular weight is 154 g/mol. The van der Waals surface area contributed by atoms with E-state index in [2.05, 4.69) is 9.47 Å². The molecule has 1 aliphatic rings. The third-order valence-electron chi connectivity index (χ3n) is 1.38. The van der Waals surface area contributed by atoms with Crippen LogP contribution in [0.2, 0.25) is 0 Å². The molecule has 0 bridgehead atoms. The van der Waals surface area contributed by atoms with Crippen LogP contribution in [0, 0.1) is 0 Å². The lowest BCUT2D eigenvalue weighted by atomic mass is 10.2. The lowest BCUT2D eigenvalue weighted by molar-refractivity contribution is -0.254. The van der Waals surface area contributed by atoms with Crippen molar-refractivity contribution in [1.29, 1.82) is 0 Å². The van der Waals surface area contributed by atoms with Gasteiger partial charge in [0, 0.05) is 7.11 Å². The molecule has 0 spiro atoms. The number of aliphatic hydroxyl groups excluding tert-OH is 1. The summed E-state index contributed by atoms with van der Waals surface area (Å²) < 4.78 is 33.0. The highest BCUT2D eigenvalue weighted by molar-refractivity contribution is 4.83. The zero-order chi connectivity index (χ0) is 7.78. The minimum atomic E-state index is -3.34. The Labute approximate surface area is 56.5 Å². The largest absolute Gasteiger partial charge is 0.388 e. The molecular formula is C5H8F2O3. The summed E-state index contributed by atoms with van der Waals surface area (Å²) in [4.78, 5) is 0. The van der Waals surface area contributed by atoms with Gasteiger partial charge in [-0.3, -0.25) is 0 Å². The van der Waals surface area contributed by atoms with Gasteiger partial charge in [0.1, 0.15) is 6.10 Å². The molecule has 5 heteroatoms. The highest BCUT2D eigenvalue weighted by Crippen LogP contribution is 2.31. The van der Waals surface area contributed by atoms with Crippen LogP contribution >= 0.6 is 0 Å². The first-order valence-electron chi connectivity index (χ1n) is 2.80. The van der Waals surface area contributed by atoms with E-state index in [0.717, 1.165) is 7.11 Å². The van der Waals surface area contributed by atoms with Gasteiger partial charge in [-0.2, -0.15) is 8.78 Å². The average Bonchev–Trinajstić information content (AvgIpc) is 2.07. The van der Waals surface area contributed by atoms with Gasteiger partial charge in [-0.1, -0.05) is 0 Å². The molecule has 0 radical (unpaired) electrons. The Balaban J connectivity index is 2.63. The first-order valence-corrected chi connectivity index (χ1v) is 2.80. The van der Waals surface area contributed by atoms with E-state index in [1.165, 1.54) is 0 Å². The SMILES string of the molecule is COC1C(O)COC1(F)F. The second kappa shape index (κ2) is 2.41. The second-order valence-corrected chi connectivity index (χ2v) is 2.10. The zero-order valence-electron chi connectivity index (χ0n) is 5.38. The molecule has 60 valence electrons. The highest BCUT2D eigenvalue weighted by Gasteiger charge is 2.52. The minimum Gasteiger partial charge on any atom is -0.388 e. The third kappa shape index (κ3) is 1.12. The van der Waals surface area contributed by atoms with Gasteiger partial charge in [-0.15, -0.1) is 0 Å². The Morgan fingerprint density at radius 2 is 2.30 bits per heavy atom. The maximum absolute atomic E-state index is 12.4. The van der Waals surface area contributed by atoms with Crippen LogP contribution in [0.5, 0.6) is 0 Å². The molecular weight excluding hydrogens is 146 g/mol. The molecule has 0 aromatic heterocycles. The number of rotatable bonds is 1. The van der Waals surface area contributed by atoms with Crippen LogP contribution in [0.25, 0.3) is 0 Å². The standard InChI is InChI=1S/C5H8F2O3/c1-9-4-3(8)2-10-5(4,6)7/h3-4,8H,2H2,1H3. The number of halogens is 2. The van der Waals surface area contributed by atoms with E-state index >= 15 is 0 Å². The Kier molecular flexibility index (Phi) is 1.89. The van der Waals surface area contributed by atoms with Crippen molar-refractivity contribution in [3.8, 4) is 0 Å². The molecule has 1 aliphatic heterocycles. The fourth-order valence-corrected chi connectivity index (χ4v) is 0.884. The summed E-state index contributed by atoms with van der Waals surface area (Å²) in [6.45, 7) is -0.370. The van der Waals surface area contributed by atoms with E-state index in [0.29, 0.717) is 0 Å². The normalized spacial score (nSPS) is 38.4. The molecule has 1 fully saturated rings. The summed E-state index contributed by atoms with van der Waals surface area (Å²) in [7, 11) is 1.11. The monoisotopic (exact) mass is 154 g/mol. The van der Waals surface area contributed by atoms with Crippen molar-refractivity contribution < 1.29 is 23.4 Å². The van der Waals surface area contributed by atoms with Crippen molar-refractivity contribution in [3.63, 3.8) is 0 Å². The summed E-state index contributed by atoms with van der Waals surface area (Å²) in [6.07, 6.45) is -6.08. The Morgan fingerprint density at radius 1 is 1.70 bits per heavy atom. The van der Waals surface area contributed by atoms with Crippen LogP contribution in [-0.4, -0.2) is 37.1 Å². The summed E-state index contributed by atoms with van der Waals surface area (Å²) in [5.74, 6) is 0. The van der Waals surface area contributed by atoms with Gasteiger partial charge in [-0.25, -0.2) is 0 Å². The quantitative estimate of drug-likeness (QED) is 0.577. The number of methoxy groups -OCH3 is 1. The molecule has 10 heavy (non-hydrogen) atoms. The molecule has 0 amide bonds. The predicted octanol–water partition coefficient (Wildman–Crippen LogP) is -0.0147. The number of aliphatic hydroxyl groups is 1. The van der Waals surface area contributed by atoms with Gasteiger partial charge in [0.05, 0.1) is 6.61 Å². The van der Waals surface area contributed by atoms with Gasteiger partial charge < -0.3 is 14.6 Å². The molecule has 3 nitrogen and oxygen atoms in total. The lowest BCUT2D eigenvalue weighted by Gasteiger charge is -2.16. The van der Waals surface area contributed by atoms with Gasteiger partial charge >= 0.3 is 6.11 Å². The molecule has 0 saturated carbocycles. The van der Waals surface area contributed by atoms with Crippen LogP contribution in [0.3, 0.4) is 0 Å². The summed E-state index contributed by atoms with van der Waals surface area (Å²) in [5.41, 5.74) is 0. The van der Waals surface area contributed by atoms with Gasteiger partial charge in [0.15, 0.2) is 6.10 Å². The van der Waals surface area contributed by atoms with E-state index in [4.69, 9.17) is 5.11 Å². The van der Waals surface area contributed by atoms with Gasteiger partial charge in [0.25, 0.3) is 0 Å². The molecule has 1 saturated heterocycles. The first-order chi connectivity index (χ1) is 4.58. The topological polar surface area (TPSA) is 38.7 Å². The zero-order valence-corrected chi connectivity index (χ0v) is 5.38. The molecule has 0 aliphatic carbocycles. The van der Waals surface area contributed by atoms with Crippen LogP contribution in [0.4, 0.5) is 8.78 Å². The van der Waals surface area contributed by atoms with Crippen LogP contribution in [-0.2, 0) is 9.47 Å². The molecule has 2 unspecified atom stereocenters. The third-order valence-corrected chi connectivity index (χ3v) is 1.38. The summed E-state index contributed by atoms with van der Waals surface area (Å²) in [5, 5.41) is 8.79. The number of hydrogen-bond acceptors (Lipinski definition) is 3. The second-order valence-electron chi connectivity index (χ2n) is 2.10. The highest BCUT2D eigenvalue weighted by atomic mass is 19.3.